The highest BCUT2D eigenvalue weighted by Crippen LogP contribution is 2.30. The van der Waals surface area contributed by atoms with Crippen LogP contribution in [0.25, 0.3) is 10.9 Å². The van der Waals surface area contributed by atoms with Crippen molar-refractivity contribution in [2.45, 2.75) is 39.0 Å². The van der Waals surface area contributed by atoms with Crippen LogP contribution >= 0.6 is 0 Å². The van der Waals surface area contributed by atoms with Crippen molar-refractivity contribution >= 4 is 16.6 Å². The van der Waals surface area contributed by atoms with E-state index in [1.807, 2.05) is 19.1 Å². The summed E-state index contributed by atoms with van der Waals surface area (Å²) in [6.45, 7) is 5.00. The van der Waals surface area contributed by atoms with Crippen LogP contribution in [0, 0.1) is 6.92 Å². The summed E-state index contributed by atoms with van der Waals surface area (Å²) in [5.74, 6) is 0.793. The van der Waals surface area contributed by atoms with Crippen LogP contribution in [0.4, 0.5) is 5.69 Å². The zero-order chi connectivity index (χ0) is 20.1. The Hall–Kier alpha value is -2.63. The van der Waals surface area contributed by atoms with Gasteiger partial charge in [-0.3, -0.25) is 0 Å². The van der Waals surface area contributed by atoms with Crippen LogP contribution < -0.4 is 10.1 Å². The van der Waals surface area contributed by atoms with Crippen molar-refractivity contribution < 1.29 is 14.2 Å². The van der Waals surface area contributed by atoms with Gasteiger partial charge in [0.2, 0.25) is 0 Å². The van der Waals surface area contributed by atoms with Crippen LogP contribution in [-0.2, 0) is 22.6 Å². The number of fused-ring (bicyclic) bond motifs is 1. The Labute approximate surface area is 172 Å². The zero-order valence-electron chi connectivity index (χ0n) is 17.1. The maximum absolute atomic E-state index is 6.06. The van der Waals surface area contributed by atoms with E-state index >= 15 is 0 Å². The molecule has 1 saturated heterocycles. The van der Waals surface area contributed by atoms with Gasteiger partial charge in [0.15, 0.2) is 0 Å². The van der Waals surface area contributed by atoms with Gasteiger partial charge in [-0.2, -0.15) is 0 Å². The molecule has 1 aliphatic heterocycles. The van der Waals surface area contributed by atoms with Gasteiger partial charge in [-0.15, -0.1) is 0 Å². The molecule has 2 aromatic carbocycles. The highest BCUT2D eigenvalue weighted by atomic mass is 16.5. The molecular weight excluding hydrogens is 364 g/mol. The van der Waals surface area contributed by atoms with Crippen molar-refractivity contribution in [2.24, 2.45) is 0 Å². The Kier molecular flexibility index (Phi) is 6.27. The molecule has 1 aliphatic rings. The van der Waals surface area contributed by atoms with E-state index < -0.39 is 0 Å². The van der Waals surface area contributed by atoms with E-state index in [-0.39, 0.29) is 0 Å². The second-order valence-corrected chi connectivity index (χ2v) is 7.46. The molecule has 0 unspecified atom stereocenters. The number of ether oxygens (including phenoxy) is 3. The predicted octanol–water partition coefficient (Wildman–Crippen LogP) is 4.86. The Balaban J connectivity index is 1.45. The summed E-state index contributed by atoms with van der Waals surface area (Å²) < 4.78 is 16.9. The predicted molar refractivity (Wildman–Crippen MR) is 115 cm³/mol. The normalized spacial score (nSPS) is 14.8. The SMILES string of the molecule is COc1cccc2c(NCc3cccc(COC4CCOCC4)c3)cc(C)nc12. The summed E-state index contributed by atoms with van der Waals surface area (Å²) in [6.07, 6.45) is 2.28. The average molecular weight is 392 g/mol. The van der Waals surface area contributed by atoms with Gasteiger partial charge in [0.25, 0.3) is 0 Å². The van der Waals surface area contributed by atoms with E-state index in [2.05, 4.69) is 46.7 Å². The molecule has 0 saturated carbocycles. The van der Waals surface area contributed by atoms with Crippen LogP contribution in [0.3, 0.4) is 0 Å². The fourth-order valence-electron chi connectivity index (χ4n) is 3.74. The molecule has 152 valence electrons. The van der Waals surface area contributed by atoms with Gasteiger partial charge in [0, 0.05) is 36.5 Å². The minimum atomic E-state index is 0.312. The summed E-state index contributed by atoms with van der Waals surface area (Å²) in [4.78, 5) is 4.65. The van der Waals surface area contributed by atoms with Crippen molar-refractivity contribution in [3.8, 4) is 5.75 Å². The largest absolute Gasteiger partial charge is 0.494 e. The molecule has 3 aromatic rings. The number of hydrogen-bond acceptors (Lipinski definition) is 5. The summed E-state index contributed by atoms with van der Waals surface area (Å²) in [5, 5.41) is 4.64. The van der Waals surface area contributed by atoms with Gasteiger partial charge in [0.1, 0.15) is 11.3 Å². The maximum atomic E-state index is 6.06. The summed E-state index contributed by atoms with van der Waals surface area (Å²) in [7, 11) is 1.68. The smallest absolute Gasteiger partial charge is 0.145 e. The number of nitrogens with zero attached hydrogens (tertiary/aromatic N) is 1. The quantitative estimate of drug-likeness (QED) is 0.622. The van der Waals surface area contributed by atoms with E-state index in [1.165, 1.54) is 11.1 Å². The number of benzene rings is 2. The highest BCUT2D eigenvalue weighted by molar-refractivity contribution is 5.95. The van der Waals surface area contributed by atoms with Crippen molar-refractivity contribution in [1.29, 1.82) is 0 Å². The number of para-hydroxylation sites is 1. The molecule has 1 aromatic heterocycles. The lowest BCUT2D eigenvalue weighted by Gasteiger charge is -2.22. The first-order chi connectivity index (χ1) is 14.2. The van der Waals surface area contributed by atoms with Gasteiger partial charge in [-0.1, -0.05) is 36.4 Å². The third kappa shape index (κ3) is 4.86. The fraction of sp³-hybridized carbons (Fsp3) is 0.375. The first-order valence-electron chi connectivity index (χ1n) is 10.2. The van der Waals surface area contributed by atoms with E-state index in [4.69, 9.17) is 14.2 Å². The minimum Gasteiger partial charge on any atom is -0.494 e. The van der Waals surface area contributed by atoms with Crippen LogP contribution in [0.2, 0.25) is 0 Å². The molecule has 0 amide bonds. The average Bonchev–Trinajstić information content (AvgIpc) is 2.76. The maximum Gasteiger partial charge on any atom is 0.145 e. The number of aromatic nitrogens is 1. The molecule has 0 radical (unpaired) electrons. The van der Waals surface area contributed by atoms with E-state index in [9.17, 15) is 0 Å². The lowest BCUT2D eigenvalue weighted by Crippen LogP contribution is -2.23. The van der Waals surface area contributed by atoms with Gasteiger partial charge in [-0.05, 0) is 43.0 Å². The molecule has 1 fully saturated rings. The number of pyridine rings is 1. The molecule has 29 heavy (non-hydrogen) atoms. The monoisotopic (exact) mass is 392 g/mol. The third-order valence-electron chi connectivity index (χ3n) is 5.28. The standard InChI is InChI=1S/C24H28N2O3/c1-17-13-22(21-7-4-8-23(27-2)24(21)26-17)25-15-18-5-3-6-19(14-18)16-29-20-9-11-28-12-10-20/h3-8,13-14,20H,9-12,15-16H2,1-2H3,(H,25,26). The molecule has 1 N–H and O–H groups in total. The Morgan fingerprint density at radius 2 is 1.86 bits per heavy atom. The summed E-state index contributed by atoms with van der Waals surface area (Å²) in [6, 6.07) is 16.7. The summed E-state index contributed by atoms with van der Waals surface area (Å²) >= 11 is 0. The van der Waals surface area contributed by atoms with Gasteiger partial charge in [0.05, 0.1) is 19.8 Å². The zero-order valence-corrected chi connectivity index (χ0v) is 17.1. The lowest BCUT2D eigenvalue weighted by atomic mass is 10.1. The van der Waals surface area contributed by atoms with Crippen LogP contribution in [-0.4, -0.2) is 31.4 Å². The van der Waals surface area contributed by atoms with E-state index in [0.717, 1.165) is 60.6 Å². The topological polar surface area (TPSA) is 52.6 Å². The lowest BCUT2D eigenvalue weighted by molar-refractivity contribution is -0.0390. The molecule has 2 heterocycles. The number of nitrogens with one attached hydrogen (secondary N) is 1. The second-order valence-electron chi connectivity index (χ2n) is 7.46. The minimum absolute atomic E-state index is 0.312. The molecule has 0 spiro atoms. The highest BCUT2D eigenvalue weighted by Gasteiger charge is 2.14. The van der Waals surface area contributed by atoms with Gasteiger partial charge in [-0.25, -0.2) is 4.98 Å². The Bertz CT molecular complexity index is 967. The molecular formula is C24H28N2O3. The van der Waals surface area contributed by atoms with Crippen molar-refractivity contribution in [2.75, 3.05) is 25.6 Å². The molecule has 0 bridgehead atoms. The number of methoxy groups -OCH3 is 1. The first-order valence-corrected chi connectivity index (χ1v) is 10.2. The number of aryl methyl sites for hydroxylation is 1. The second kappa shape index (κ2) is 9.25. The van der Waals surface area contributed by atoms with Gasteiger partial charge < -0.3 is 19.5 Å². The fourth-order valence-corrected chi connectivity index (χ4v) is 3.74. The van der Waals surface area contributed by atoms with Gasteiger partial charge >= 0.3 is 0 Å². The van der Waals surface area contributed by atoms with Crippen LogP contribution in [0.15, 0.2) is 48.5 Å². The summed E-state index contributed by atoms with van der Waals surface area (Å²) in [5.41, 5.74) is 5.34. The first kappa shape index (κ1) is 19.7. The molecule has 0 atom stereocenters. The molecule has 0 aliphatic carbocycles. The van der Waals surface area contributed by atoms with Crippen molar-refractivity contribution in [3.05, 3.63) is 65.4 Å². The number of anilines is 1. The van der Waals surface area contributed by atoms with Crippen molar-refractivity contribution in [3.63, 3.8) is 0 Å². The molecule has 5 nitrogen and oxygen atoms in total. The number of rotatable bonds is 7. The van der Waals surface area contributed by atoms with Crippen LogP contribution in [0.5, 0.6) is 5.75 Å². The van der Waals surface area contributed by atoms with E-state index in [1.54, 1.807) is 7.11 Å². The molecule has 5 heteroatoms. The van der Waals surface area contributed by atoms with Crippen LogP contribution in [0.1, 0.15) is 29.7 Å². The van der Waals surface area contributed by atoms with E-state index in [0.29, 0.717) is 12.7 Å². The Morgan fingerprint density at radius 3 is 2.69 bits per heavy atom. The third-order valence-corrected chi connectivity index (χ3v) is 5.28. The number of hydrogen-bond donors (Lipinski definition) is 1. The Morgan fingerprint density at radius 1 is 1.07 bits per heavy atom. The van der Waals surface area contributed by atoms with Crippen molar-refractivity contribution in [1.82, 2.24) is 4.98 Å². The molecule has 4 rings (SSSR count).